The number of carbonyl (C=O) groups is 2. The van der Waals surface area contributed by atoms with E-state index in [0.717, 1.165) is 23.7 Å². The molecule has 0 radical (unpaired) electrons. The molecular formula is C16H19N3O4. The predicted octanol–water partition coefficient (Wildman–Crippen LogP) is 1.10. The van der Waals surface area contributed by atoms with Gasteiger partial charge in [-0.2, -0.15) is 5.10 Å². The van der Waals surface area contributed by atoms with Gasteiger partial charge in [-0.25, -0.2) is 4.79 Å². The van der Waals surface area contributed by atoms with Gasteiger partial charge in [-0.05, 0) is 18.9 Å². The minimum atomic E-state index is -1.02. The Labute approximate surface area is 133 Å². The zero-order valence-corrected chi connectivity index (χ0v) is 12.6. The molecule has 0 aliphatic carbocycles. The number of carboxylic acid groups (broad SMARTS) is 1. The van der Waals surface area contributed by atoms with Crippen LogP contribution in [0.4, 0.5) is 0 Å². The molecule has 2 unspecified atom stereocenters. The van der Waals surface area contributed by atoms with Gasteiger partial charge in [0.1, 0.15) is 6.04 Å². The highest BCUT2D eigenvalue weighted by molar-refractivity contribution is 5.89. The lowest BCUT2D eigenvalue weighted by Gasteiger charge is -2.28. The van der Waals surface area contributed by atoms with Gasteiger partial charge in [0.15, 0.2) is 0 Å². The minimum Gasteiger partial charge on any atom is -0.480 e. The summed E-state index contributed by atoms with van der Waals surface area (Å²) in [5.41, 5.74) is 1.47. The first-order chi connectivity index (χ1) is 11.1. The fourth-order valence-corrected chi connectivity index (χ4v) is 2.94. The summed E-state index contributed by atoms with van der Waals surface area (Å²) in [6, 6.07) is 6.56. The molecule has 1 aliphatic rings. The smallest absolute Gasteiger partial charge is 0.326 e. The van der Waals surface area contributed by atoms with E-state index in [-0.39, 0.29) is 18.2 Å². The van der Waals surface area contributed by atoms with Crippen molar-refractivity contribution in [3.8, 4) is 0 Å². The monoisotopic (exact) mass is 317 g/mol. The van der Waals surface area contributed by atoms with Crippen molar-refractivity contribution in [2.45, 2.75) is 25.3 Å². The Morgan fingerprint density at radius 3 is 3.00 bits per heavy atom. The maximum atomic E-state index is 12.2. The lowest BCUT2D eigenvalue weighted by molar-refractivity contribution is -0.145. The number of aromatic amines is 1. The van der Waals surface area contributed by atoms with Gasteiger partial charge >= 0.3 is 5.97 Å². The molecule has 1 aromatic carbocycles. The zero-order chi connectivity index (χ0) is 16.2. The van der Waals surface area contributed by atoms with Crippen LogP contribution in [-0.2, 0) is 20.7 Å². The SMILES string of the molecule is O=C(Cc1[nH]nc2ccccc12)NC(C(=O)O)C1CCCOC1. The largest absolute Gasteiger partial charge is 0.480 e. The summed E-state index contributed by atoms with van der Waals surface area (Å²) >= 11 is 0. The molecule has 1 saturated heterocycles. The van der Waals surface area contributed by atoms with Crippen molar-refractivity contribution in [2.75, 3.05) is 13.2 Å². The third kappa shape index (κ3) is 3.50. The fraction of sp³-hybridized carbons (Fsp3) is 0.438. The molecule has 0 spiro atoms. The lowest BCUT2D eigenvalue weighted by Crippen LogP contribution is -2.48. The number of ether oxygens (including phenoxy) is 1. The van der Waals surface area contributed by atoms with E-state index in [2.05, 4.69) is 15.5 Å². The van der Waals surface area contributed by atoms with Crippen LogP contribution in [-0.4, -0.2) is 46.4 Å². The Morgan fingerprint density at radius 2 is 2.26 bits per heavy atom. The van der Waals surface area contributed by atoms with Crippen LogP contribution in [0.2, 0.25) is 0 Å². The van der Waals surface area contributed by atoms with E-state index in [1.165, 1.54) is 0 Å². The van der Waals surface area contributed by atoms with E-state index in [1.807, 2.05) is 24.3 Å². The van der Waals surface area contributed by atoms with E-state index in [4.69, 9.17) is 4.74 Å². The molecule has 1 amide bonds. The molecule has 2 aromatic rings. The van der Waals surface area contributed by atoms with Crippen molar-refractivity contribution in [3.63, 3.8) is 0 Å². The summed E-state index contributed by atoms with van der Waals surface area (Å²) in [6.07, 6.45) is 1.62. The van der Waals surface area contributed by atoms with Crippen LogP contribution in [0, 0.1) is 5.92 Å². The molecule has 0 bridgehead atoms. The number of aromatic nitrogens is 2. The van der Waals surface area contributed by atoms with Gasteiger partial charge in [0.05, 0.1) is 24.2 Å². The Balaban J connectivity index is 1.68. The van der Waals surface area contributed by atoms with Crippen LogP contribution in [0.25, 0.3) is 10.9 Å². The Kier molecular flexibility index (Phi) is 4.57. The Hall–Kier alpha value is -2.41. The van der Waals surface area contributed by atoms with Gasteiger partial charge in [-0.15, -0.1) is 0 Å². The number of hydrogen-bond donors (Lipinski definition) is 3. The quantitative estimate of drug-likeness (QED) is 0.766. The van der Waals surface area contributed by atoms with Crippen LogP contribution in [0.5, 0.6) is 0 Å². The number of para-hydroxylation sites is 1. The standard InChI is InChI=1S/C16H19N3O4/c20-14(8-13-11-5-1-2-6-12(11)18-19-13)17-15(16(21)22)10-4-3-7-23-9-10/h1-2,5-6,10,15H,3-4,7-9H2,(H,17,20)(H,18,19)(H,21,22). The fourth-order valence-electron chi connectivity index (χ4n) is 2.94. The average molecular weight is 317 g/mol. The van der Waals surface area contributed by atoms with Gasteiger partial charge in [0.2, 0.25) is 5.91 Å². The number of H-pyrrole nitrogens is 1. The van der Waals surface area contributed by atoms with Crippen molar-refractivity contribution in [1.29, 1.82) is 0 Å². The molecule has 3 rings (SSSR count). The number of fused-ring (bicyclic) bond motifs is 1. The van der Waals surface area contributed by atoms with Crippen LogP contribution >= 0.6 is 0 Å². The summed E-state index contributed by atoms with van der Waals surface area (Å²) in [6.45, 7) is 1.02. The first-order valence-corrected chi connectivity index (χ1v) is 7.67. The van der Waals surface area contributed by atoms with Crippen molar-refractivity contribution in [3.05, 3.63) is 30.0 Å². The van der Waals surface area contributed by atoms with E-state index < -0.39 is 12.0 Å². The van der Waals surface area contributed by atoms with Crippen molar-refractivity contribution < 1.29 is 19.4 Å². The number of nitrogens with zero attached hydrogens (tertiary/aromatic N) is 1. The molecule has 2 atom stereocenters. The molecule has 122 valence electrons. The highest BCUT2D eigenvalue weighted by Gasteiger charge is 2.31. The van der Waals surface area contributed by atoms with Crippen LogP contribution < -0.4 is 5.32 Å². The van der Waals surface area contributed by atoms with Crippen LogP contribution in [0.3, 0.4) is 0 Å². The number of rotatable bonds is 5. The topological polar surface area (TPSA) is 104 Å². The van der Waals surface area contributed by atoms with E-state index in [0.29, 0.717) is 18.9 Å². The Morgan fingerprint density at radius 1 is 1.43 bits per heavy atom. The average Bonchev–Trinajstić information content (AvgIpc) is 2.96. The number of carbonyl (C=O) groups excluding carboxylic acids is 1. The molecular weight excluding hydrogens is 298 g/mol. The number of aliphatic carboxylic acids is 1. The number of nitrogens with one attached hydrogen (secondary N) is 2. The number of benzene rings is 1. The van der Waals surface area contributed by atoms with Crippen LogP contribution in [0.1, 0.15) is 18.5 Å². The highest BCUT2D eigenvalue weighted by atomic mass is 16.5. The van der Waals surface area contributed by atoms with Gasteiger partial charge < -0.3 is 15.2 Å². The lowest BCUT2D eigenvalue weighted by atomic mass is 9.93. The van der Waals surface area contributed by atoms with E-state index >= 15 is 0 Å². The molecule has 7 nitrogen and oxygen atoms in total. The second kappa shape index (κ2) is 6.78. The molecule has 7 heteroatoms. The summed E-state index contributed by atoms with van der Waals surface area (Å²) in [4.78, 5) is 23.7. The molecule has 1 aliphatic heterocycles. The van der Waals surface area contributed by atoms with Crippen molar-refractivity contribution >= 4 is 22.8 Å². The molecule has 2 heterocycles. The normalized spacial score (nSPS) is 19.4. The molecule has 1 fully saturated rings. The predicted molar refractivity (Wildman–Crippen MR) is 82.9 cm³/mol. The summed E-state index contributed by atoms with van der Waals surface area (Å²) in [5.74, 6) is -1.55. The first-order valence-electron chi connectivity index (χ1n) is 7.67. The Bertz CT molecular complexity index is 706. The van der Waals surface area contributed by atoms with Gasteiger partial charge in [0, 0.05) is 17.9 Å². The summed E-state index contributed by atoms with van der Waals surface area (Å²) in [7, 11) is 0. The molecule has 1 aromatic heterocycles. The zero-order valence-electron chi connectivity index (χ0n) is 12.6. The highest BCUT2D eigenvalue weighted by Crippen LogP contribution is 2.19. The summed E-state index contributed by atoms with van der Waals surface area (Å²) < 4.78 is 5.33. The molecule has 3 N–H and O–H groups in total. The first kappa shape index (κ1) is 15.5. The van der Waals surface area contributed by atoms with Crippen molar-refractivity contribution in [2.24, 2.45) is 5.92 Å². The number of amides is 1. The minimum absolute atomic E-state index is 0.0673. The van der Waals surface area contributed by atoms with E-state index in [1.54, 1.807) is 0 Å². The molecule has 23 heavy (non-hydrogen) atoms. The van der Waals surface area contributed by atoms with E-state index in [9.17, 15) is 14.7 Å². The molecule has 0 saturated carbocycles. The van der Waals surface area contributed by atoms with Gasteiger partial charge in [-0.3, -0.25) is 9.89 Å². The number of carboxylic acids is 1. The van der Waals surface area contributed by atoms with Crippen LogP contribution in [0.15, 0.2) is 24.3 Å². The third-order valence-corrected chi connectivity index (χ3v) is 4.13. The summed E-state index contributed by atoms with van der Waals surface area (Å²) in [5, 5.41) is 19.9. The van der Waals surface area contributed by atoms with Gasteiger partial charge in [0.25, 0.3) is 0 Å². The number of hydrogen-bond acceptors (Lipinski definition) is 4. The maximum Gasteiger partial charge on any atom is 0.326 e. The maximum absolute atomic E-state index is 12.2. The second-order valence-electron chi connectivity index (χ2n) is 5.76. The van der Waals surface area contributed by atoms with Crippen molar-refractivity contribution in [1.82, 2.24) is 15.5 Å². The third-order valence-electron chi connectivity index (χ3n) is 4.13. The van der Waals surface area contributed by atoms with Gasteiger partial charge in [-0.1, -0.05) is 18.2 Å². The second-order valence-corrected chi connectivity index (χ2v) is 5.76.